The highest BCUT2D eigenvalue weighted by molar-refractivity contribution is 5.90. The largest absolute Gasteiger partial charge is 0.458 e. The number of rotatable bonds is 5. The van der Waals surface area contributed by atoms with Crippen LogP contribution in [-0.4, -0.2) is 34.5 Å². The van der Waals surface area contributed by atoms with Crippen molar-refractivity contribution in [2.24, 2.45) is 29.1 Å². The van der Waals surface area contributed by atoms with Crippen LogP contribution in [0.5, 0.6) is 0 Å². The van der Waals surface area contributed by atoms with Crippen molar-refractivity contribution in [2.75, 3.05) is 0 Å². The quantitative estimate of drug-likeness (QED) is 0.415. The average Bonchev–Trinajstić information content (AvgIpc) is 3.25. The number of cyclic esters (lactones) is 1. The van der Waals surface area contributed by atoms with Gasteiger partial charge in [-0.2, -0.15) is 0 Å². The summed E-state index contributed by atoms with van der Waals surface area (Å²) >= 11 is 0. The topological polar surface area (TPSA) is 66.8 Å². The zero-order valence-corrected chi connectivity index (χ0v) is 20.7. The van der Waals surface area contributed by atoms with E-state index in [0.29, 0.717) is 36.2 Å². The fourth-order valence-electron chi connectivity index (χ4n) is 7.60. The number of hydrogen-bond donors (Lipinski definition) is 2. The molecule has 2 N–H and O–H groups in total. The number of allylic oxidation sites excluding steroid dienone is 3. The number of aliphatic hydroxyl groups excluding tert-OH is 2. The lowest BCUT2D eigenvalue weighted by Gasteiger charge is -2.44. The van der Waals surface area contributed by atoms with E-state index < -0.39 is 12.2 Å². The second-order valence-corrected chi connectivity index (χ2v) is 11.4. The van der Waals surface area contributed by atoms with E-state index in [1.807, 2.05) is 0 Å². The third-order valence-corrected chi connectivity index (χ3v) is 9.45. The van der Waals surface area contributed by atoms with Crippen molar-refractivity contribution in [2.45, 2.75) is 96.9 Å². The fraction of sp³-hybridized carbons (Fsp3) is 0.690. The minimum atomic E-state index is -0.639. The van der Waals surface area contributed by atoms with E-state index in [0.717, 1.165) is 30.4 Å². The van der Waals surface area contributed by atoms with Crippen LogP contribution in [0.1, 0.15) is 78.6 Å². The Morgan fingerprint density at radius 1 is 1.21 bits per heavy atom. The van der Waals surface area contributed by atoms with Gasteiger partial charge in [-0.1, -0.05) is 51.7 Å². The molecule has 4 fully saturated rings. The van der Waals surface area contributed by atoms with Gasteiger partial charge in [0, 0.05) is 17.9 Å². The third kappa shape index (κ3) is 4.53. The lowest BCUT2D eigenvalue weighted by Crippen LogP contribution is -2.37. The molecule has 182 valence electrons. The molecule has 2 unspecified atom stereocenters. The van der Waals surface area contributed by atoms with Crippen LogP contribution in [0.15, 0.2) is 47.6 Å². The van der Waals surface area contributed by atoms with Crippen molar-refractivity contribution in [3.63, 3.8) is 0 Å². The standard InChI is InChI=1S/C29H42O4/c1-6-23-19(4)28(32)33-27(23)14-17(2)24-11-12-25-20(8-7-13-29(24,25)5)9-10-21-15-22(30)16-26(31)18(21)3/h9-10,17,22-27,30-31H,3-4,6-8,11-16H2,1-2,5H3/b20-9+,21-10-/t17-,22-,23?,24-,25+,26+,27?,29-/m1/s1. The molecule has 4 nitrogen and oxygen atoms in total. The van der Waals surface area contributed by atoms with E-state index in [2.05, 4.69) is 46.1 Å². The van der Waals surface area contributed by atoms with Crippen LogP contribution in [0.25, 0.3) is 0 Å². The van der Waals surface area contributed by atoms with Crippen molar-refractivity contribution in [1.29, 1.82) is 0 Å². The predicted molar refractivity (Wildman–Crippen MR) is 131 cm³/mol. The van der Waals surface area contributed by atoms with Crippen LogP contribution >= 0.6 is 0 Å². The van der Waals surface area contributed by atoms with Gasteiger partial charge in [0.1, 0.15) is 6.10 Å². The number of esters is 1. The molecule has 4 aliphatic rings. The molecule has 4 rings (SSSR count). The molecule has 0 amide bonds. The van der Waals surface area contributed by atoms with Gasteiger partial charge in [0.15, 0.2) is 0 Å². The summed E-state index contributed by atoms with van der Waals surface area (Å²) in [7, 11) is 0. The zero-order valence-electron chi connectivity index (χ0n) is 20.7. The van der Waals surface area contributed by atoms with Gasteiger partial charge in [-0.05, 0) is 85.7 Å². The zero-order chi connectivity index (χ0) is 23.9. The summed E-state index contributed by atoms with van der Waals surface area (Å²) in [6.07, 6.45) is 12.0. The van der Waals surface area contributed by atoms with Crippen molar-refractivity contribution < 1.29 is 19.7 Å². The summed E-state index contributed by atoms with van der Waals surface area (Å²) in [5, 5.41) is 20.2. The Hall–Kier alpha value is -1.65. The third-order valence-electron chi connectivity index (χ3n) is 9.45. The first kappa shape index (κ1) is 24.5. The fourth-order valence-corrected chi connectivity index (χ4v) is 7.60. The Morgan fingerprint density at radius 3 is 2.70 bits per heavy atom. The van der Waals surface area contributed by atoms with Gasteiger partial charge in [-0.3, -0.25) is 0 Å². The molecule has 0 spiro atoms. The second kappa shape index (κ2) is 9.54. The molecule has 0 aromatic carbocycles. The first-order valence-corrected chi connectivity index (χ1v) is 13.0. The van der Waals surface area contributed by atoms with Crippen LogP contribution in [0, 0.1) is 29.1 Å². The molecule has 8 atom stereocenters. The van der Waals surface area contributed by atoms with E-state index in [9.17, 15) is 15.0 Å². The number of carbonyl (C=O) groups is 1. The molecule has 4 heteroatoms. The Labute approximate surface area is 199 Å². The molecular formula is C29H42O4. The first-order valence-electron chi connectivity index (χ1n) is 13.0. The van der Waals surface area contributed by atoms with E-state index >= 15 is 0 Å². The van der Waals surface area contributed by atoms with Crippen molar-refractivity contribution >= 4 is 5.97 Å². The van der Waals surface area contributed by atoms with Crippen LogP contribution in [0.3, 0.4) is 0 Å². The summed E-state index contributed by atoms with van der Waals surface area (Å²) < 4.78 is 5.72. The van der Waals surface area contributed by atoms with Crippen LogP contribution in [0.4, 0.5) is 0 Å². The molecule has 0 bridgehead atoms. The molecule has 1 heterocycles. The van der Waals surface area contributed by atoms with Crippen molar-refractivity contribution in [3.8, 4) is 0 Å². The molecule has 0 radical (unpaired) electrons. The summed E-state index contributed by atoms with van der Waals surface area (Å²) in [6.45, 7) is 15.0. The van der Waals surface area contributed by atoms with Gasteiger partial charge in [-0.25, -0.2) is 4.79 Å². The number of hydrogen-bond acceptors (Lipinski definition) is 4. The molecule has 3 aliphatic carbocycles. The number of aliphatic hydroxyl groups is 2. The monoisotopic (exact) mass is 454 g/mol. The van der Waals surface area contributed by atoms with Crippen LogP contribution in [-0.2, 0) is 9.53 Å². The maximum atomic E-state index is 12.1. The molecule has 0 aromatic heterocycles. The summed E-state index contributed by atoms with van der Waals surface area (Å²) in [5.41, 5.74) is 4.18. The Kier molecular flexibility index (Phi) is 7.08. The molecule has 3 saturated carbocycles. The number of carbonyl (C=O) groups excluding carboxylic acids is 1. The van der Waals surface area contributed by atoms with Gasteiger partial charge >= 0.3 is 5.97 Å². The molecule has 0 aromatic rings. The van der Waals surface area contributed by atoms with Gasteiger partial charge in [-0.15, -0.1) is 0 Å². The van der Waals surface area contributed by atoms with E-state index in [1.54, 1.807) is 0 Å². The SMILES string of the molecule is C=C1C(=O)OC(C[C@@H](C)[C@H]2CC[C@H]3/C(=C/C=C4/C[C@@H](O)C[C@H](O)C4=C)CCC[C@]23C)C1CC. The molecular weight excluding hydrogens is 412 g/mol. The normalized spacial score (nSPS) is 42.6. The minimum Gasteiger partial charge on any atom is -0.458 e. The second-order valence-electron chi connectivity index (χ2n) is 11.4. The summed E-state index contributed by atoms with van der Waals surface area (Å²) in [5.74, 6) is 1.65. The van der Waals surface area contributed by atoms with Crippen LogP contribution in [0.2, 0.25) is 0 Å². The number of ether oxygens (including phenoxy) is 1. The molecule has 1 aliphatic heterocycles. The van der Waals surface area contributed by atoms with Crippen molar-refractivity contribution in [3.05, 3.63) is 47.6 Å². The maximum absolute atomic E-state index is 12.1. The van der Waals surface area contributed by atoms with E-state index in [-0.39, 0.29) is 23.4 Å². The van der Waals surface area contributed by atoms with E-state index in [4.69, 9.17) is 4.74 Å². The molecule has 1 saturated heterocycles. The van der Waals surface area contributed by atoms with Gasteiger partial charge in [0.2, 0.25) is 0 Å². The maximum Gasteiger partial charge on any atom is 0.334 e. The number of fused-ring (bicyclic) bond motifs is 1. The highest BCUT2D eigenvalue weighted by atomic mass is 16.6. The van der Waals surface area contributed by atoms with Crippen molar-refractivity contribution in [1.82, 2.24) is 0 Å². The average molecular weight is 455 g/mol. The van der Waals surface area contributed by atoms with Gasteiger partial charge in [0.25, 0.3) is 0 Å². The molecule has 33 heavy (non-hydrogen) atoms. The smallest absolute Gasteiger partial charge is 0.334 e. The van der Waals surface area contributed by atoms with E-state index in [1.165, 1.54) is 31.3 Å². The van der Waals surface area contributed by atoms with Crippen LogP contribution < -0.4 is 0 Å². The summed E-state index contributed by atoms with van der Waals surface area (Å²) in [4.78, 5) is 12.1. The Morgan fingerprint density at radius 2 is 1.97 bits per heavy atom. The highest BCUT2D eigenvalue weighted by Crippen LogP contribution is 2.60. The predicted octanol–water partition coefficient (Wildman–Crippen LogP) is 5.66. The summed E-state index contributed by atoms with van der Waals surface area (Å²) in [6, 6.07) is 0. The van der Waals surface area contributed by atoms with Gasteiger partial charge < -0.3 is 14.9 Å². The Balaban J connectivity index is 1.49. The first-order chi connectivity index (χ1) is 15.7. The lowest BCUT2D eigenvalue weighted by molar-refractivity contribution is -0.140. The minimum absolute atomic E-state index is 0.0221. The highest BCUT2D eigenvalue weighted by Gasteiger charge is 2.51. The Bertz CT molecular complexity index is 867. The van der Waals surface area contributed by atoms with Gasteiger partial charge in [0.05, 0.1) is 12.2 Å². The lowest BCUT2D eigenvalue weighted by atomic mass is 9.60.